The van der Waals surface area contributed by atoms with Crippen molar-refractivity contribution >= 4 is 0 Å². The summed E-state index contributed by atoms with van der Waals surface area (Å²) in [6, 6.07) is 0. The van der Waals surface area contributed by atoms with Crippen molar-refractivity contribution in [2.45, 2.75) is 25.7 Å². The van der Waals surface area contributed by atoms with E-state index in [1.807, 2.05) is 0 Å². The van der Waals surface area contributed by atoms with Crippen LogP contribution in [-0.4, -0.2) is 31.7 Å². The van der Waals surface area contributed by atoms with Crippen molar-refractivity contribution in [2.75, 3.05) is 27.2 Å². The molecular weight excluding hydrogens is 542 g/mol. The molecule has 30 atom stereocenters. The Morgan fingerprint density at radius 1 is 0.356 bits per heavy atom. The number of allylic oxidation sites excluding steroid dienone is 6. The van der Waals surface area contributed by atoms with Crippen molar-refractivity contribution in [3.8, 4) is 0 Å². The Hall–Kier alpha value is -0.820. The Morgan fingerprint density at radius 2 is 0.800 bits per heavy atom. The Bertz CT molecular complexity index is 1690. The zero-order valence-corrected chi connectivity index (χ0v) is 27.3. The van der Waals surface area contributed by atoms with Crippen LogP contribution in [0.4, 0.5) is 0 Å². The third kappa shape index (κ3) is 1.81. The van der Waals surface area contributed by atoms with E-state index in [-0.39, 0.29) is 0 Å². The normalized spacial score (nSPS) is 80.5. The van der Waals surface area contributed by atoms with E-state index in [4.69, 9.17) is 0 Å². The van der Waals surface area contributed by atoms with Gasteiger partial charge in [-0.25, -0.2) is 0 Å². The van der Waals surface area contributed by atoms with Gasteiger partial charge in [0.15, 0.2) is 0 Å². The number of nitrogens with zero attached hydrogens (tertiary/aromatic N) is 1. The topological polar surface area (TPSA) is 0 Å². The second-order valence-corrected chi connectivity index (χ2v) is 22.8. The van der Waals surface area contributed by atoms with Crippen LogP contribution in [0.3, 0.4) is 0 Å². The molecule has 1 heterocycles. The summed E-state index contributed by atoms with van der Waals surface area (Å²) in [5.41, 5.74) is 4.64. The third-order valence-corrected chi connectivity index (χ3v) is 23.2. The highest BCUT2D eigenvalue weighted by atomic mass is 15.3. The summed E-state index contributed by atoms with van der Waals surface area (Å²) in [5.74, 6) is 32.8. The van der Waals surface area contributed by atoms with Crippen LogP contribution < -0.4 is 0 Å². The monoisotopic (exact) mass is 594 g/mol. The molecule has 0 aromatic heterocycles. The van der Waals surface area contributed by atoms with E-state index >= 15 is 0 Å². The molecule has 16 aliphatic carbocycles. The average molecular weight is 595 g/mol. The summed E-state index contributed by atoms with van der Waals surface area (Å²) < 4.78 is 1.36. The number of rotatable bonds is 0. The second-order valence-electron chi connectivity index (χ2n) is 22.8. The Morgan fingerprint density at radius 3 is 1.56 bits per heavy atom. The summed E-state index contributed by atoms with van der Waals surface area (Å²) >= 11 is 0. The van der Waals surface area contributed by atoms with E-state index in [0.717, 1.165) is 142 Å². The van der Waals surface area contributed by atoms with E-state index in [9.17, 15) is 0 Å². The SMILES string of the molecule is C[N+]1(C)CC2C(C1)C1C3CCC4C5CCC6C7C=CC8C9C=CC%10C2C2C%11C%12C%13=C(C8C7C7C%13C8C%12C(C3C4C8C5C67)C12)C9C%10%11. The molecule has 13 fully saturated rings. The van der Waals surface area contributed by atoms with Crippen LogP contribution in [0.15, 0.2) is 35.5 Å². The molecule has 0 amide bonds. The molecule has 0 aromatic carbocycles. The first kappa shape index (κ1) is 22.7. The van der Waals surface area contributed by atoms with Crippen LogP contribution in [0, 0.1) is 178 Å². The van der Waals surface area contributed by atoms with Gasteiger partial charge in [0.1, 0.15) is 0 Å². The molecule has 1 aliphatic heterocycles. The van der Waals surface area contributed by atoms with Crippen molar-refractivity contribution < 1.29 is 4.48 Å². The molecule has 0 radical (unpaired) electrons. The molecule has 0 aromatic rings. The fourth-order valence-electron chi connectivity index (χ4n) is 24.7. The summed E-state index contributed by atoms with van der Waals surface area (Å²) in [6.07, 6.45) is 18.6. The molecule has 232 valence electrons. The van der Waals surface area contributed by atoms with Gasteiger partial charge in [0.05, 0.1) is 27.2 Å². The van der Waals surface area contributed by atoms with Crippen LogP contribution in [0.1, 0.15) is 25.7 Å². The van der Waals surface area contributed by atoms with Gasteiger partial charge in [-0.15, -0.1) is 0 Å². The molecular formula is C44H52N+. The maximum absolute atomic E-state index is 3.02. The predicted molar refractivity (Wildman–Crippen MR) is 170 cm³/mol. The Kier molecular flexibility index (Phi) is 3.14. The summed E-state index contributed by atoms with van der Waals surface area (Å²) in [6.45, 7) is 3.08. The van der Waals surface area contributed by atoms with Gasteiger partial charge < -0.3 is 4.48 Å². The number of hydrogen-bond acceptors (Lipinski definition) is 0. The number of likely N-dealkylation sites (tertiary alicyclic amines) is 1. The zero-order valence-electron chi connectivity index (χ0n) is 27.3. The fraction of sp³-hybridized carbons (Fsp3) is 0.864. The lowest BCUT2D eigenvalue weighted by Crippen LogP contribution is -2.59. The average Bonchev–Trinajstić information content (AvgIpc) is 3.87. The molecule has 0 bridgehead atoms. The lowest BCUT2D eigenvalue weighted by Gasteiger charge is -2.61. The minimum atomic E-state index is 0.884. The molecule has 1 nitrogen and oxygen atoms in total. The van der Waals surface area contributed by atoms with Gasteiger partial charge in [0.2, 0.25) is 0 Å². The summed E-state index contributed by atoms with van der Waals surface area (Å²) in [7, 11) is 5.34. The number of quaternary nitrogens is 1. The molecule has 1 saturated heterocycles. The van der Waals surface area contributed by atoms with Gasteiger partial charge in [-0.3, -0.25) is 0 Å². The van der Waals surface area contributed by atoms with Gasteiger partial charge >= 0.3 is 0 Å². The predicted octanol–water partition coefficient (Wildman–Crippen LogP) is 6.75. The maximum Gasteiger partial charge on any atom is 0.0819 e. The number of fused-ring (bicyclic) bond motifs is 8. The van der Waals surface area contributed by atoms with Crippen LogP contribution in [0.2, 0.25) is 0 Å². The van der Waals surface area contributed by atoms with E-state index < -0.39 is 0 Å². The molecule has 1 heteroatoms. The first-order valence-electron chi connectivity index (χ1n) is 21.0. The quantitative estimate of drug-likeness (QED) is 0.215. The van der Waals surface area contributed by atoms with Crippen molar-refractivity contribution in [1.82, 2.24) is 0 Å². The summed E-state index contributed by atoms with van der Waals surface area (Å²) in [4.78, 5) is 0. The van der Waals surface area contributed by atoms with Crippen molar-refractivity contribution in [3.63, 3.8) is 0 Å². The Labute approximate surface area is 269 Å². The number of hydrogen-bond donors (Lipinski definition) is 0. The standard InChI is InChI=1S/C44H52N/c1-45(2)11-21-22(12-45)24-20-10-8-18-16-6-4-14-13-3-5-15-17-7-9-19-23(21)33-34(24)39-32(20)30(18)37-28(16)26(14)35-25(13)27(15)36-29(17)31(19)38(33)43-41(36)40(35)42(37)44(39)43/h3,5,7,9,13-35,37-40,42-44H,4,6,8,10-12H2,1-2H3/q+1. The highest BCUT2D eigenvalue weighted by Crippen LogP contribution is 2.91. The summed E-state index contributed by atoms with van der Waals surface area (Å²) in [5, 5.41) is 0. The molecule has 0 spiro atoms. The van der Waals surface area contributed by atoms with Crippen molar-refractivity contribution in [1.29, 1.82) is 0 Å². The van der Waals surface area contributed by atoms with Gasteiger partial charge in [-0.1, -0.05) is 35.5 Å². The van der Waals surface area contributed by atoms with Gasteiger partial charge in [-0.2, -0.15) is 0 Å². The molecule has 0 N–H and O–H groups in total. The smallest absolute Gasteiger partial charge is 0.0819 e. The maximum atomic E-state index is 3.02. The first-order valence-corrected chi connectivity index (χ1v) is 21.0. The minimum absolute atomic E-state index is 0.884. The van der Waals surface area contributed by atoms with E-state index in [1.54, 1.807) is 32.2 Å². The zero-order chi connectivity index (χ0) is 28.0. The Balaban J connectivity index is 1.04. The van der Waals surface area contributed by atoms with Gasteiger partial charge in [0.25, 0.3) is 0 Å². The van der Waals surface area contributed by atoms with Gasteiger partial charge in [0, 0.05) is 11.8 Å². The van der Waals surface area contributed by atoms with Crippen LogP contribution in [0.5, 0.6) is 0 Å². The van der Waals surface area contributed by atoms with Crippen molar-refractivity contribution in [2.24, 2.45) is 178 Å². The largest absolute Gasteiger partial charge is 0.328 e. The molecule has 12 saturated carbocycles. The van der Waals surface area contributed by atoms with E-state index in [2.05, 4.69) is 49.5 Å². The van der Waals surface area contributed by atoms with Gasteiger partial charge in [-0.05, 0) is 191 Å². The van der Waals surface area contributed by atoms with Crippen LogP contribution in [0.25, 0.3) is 0 Å². The van der Waals surface area contributed by atoms with Crippen LogP contribution in [-0.2, 0) is 0 Å². The van der Waals surface area contributed by atoms with Crippen LogP contribution >= 0.6 is 0 Å². The third-order valence-electron chi connectivity index (χ3n) is 23.2. The lowest BCUT2D eigenvalue weighted by atomic mass is 9.43. The molecule has 45 heavy (non-hydrogen) atoms. The molecule has 17 aliphatic rings. The van der Waals surface area contributed by atoms with Crippen molar-refractivity contribution in [3.05, 3.63) is 35.5 Å². The fourth-order valence-corrected chi connectivity index (χ4v) is 24.7. The highest BCUT2D eigenvalue weighted by Gasteiger charge is 2.87. The highest BCUT2D eigenvalue weighted by molar-refractivity contribution is 5.52. The second kappa shape index (κ2) is 6.22. The van der Waals surface area contributed by atoms with E-state index in [1.165, 1.54) is 46.5 Å². The molecule has 17 rings (SSSR count). The lowest BCUT2D eigenvalue weighted by molar-refractivity contribution is -0.881. The first-order chi connectivity index (χ1) is 22.1. The minimum Gasteiger partial charge on any atom is -0.328 e. The molecule has 30 unspecified atom stereocenters. The van der Waals surface area contributed by atoms with E-state index in [0.29, 0.717) is 0 Å².